The number of thioether (sulfide) groups is 1. The minimum absolute atomic E-state index is 0.0361. The van der Waals surface area contributed by atoms with Gasteiger partial charge in [0.05, 0.1) is 5.02 Å². The van der Waals surface area contributed by atoms with Gasteiger partial charge in [-0.25, -0.2) is 14.2 Å². The Morgan fingerprint density at radius 2 is 1.81 bits per heavy atom. The summed E-state index contributed by atoms with van der Waals surface area (Å²) in [5, 5.41) is 11.1. The topological polar surface area (TPSA) is 52.9 Å². The number of fused-ring (bicyclic) bond motifs is 1. The van der Waals surface area contributed by atoms with Crippen LogP contribution in [0.3, 0.4) is 0 Å². The van der Waals surface area contributed by atoms with Gasteiger partial charge in [-0.05, 0) is 66.4 Å². The summed E-state index contributed by atoms with van der Waals surface area (Å²) in [6.07, 6.45) is 0.546. The second-order valence-electron chi connectivity index (χ2n) is 8.43. The van der Waals surface area contributed by atoms with Crippen LogP contribution in [0.2, 0.25) is 10.0 Å². The Hall–Kier alpha value is -2.02. The molecule has 2 aliphatic heterocycles. The number of hydrogen-bond donors (Lipinski definition) is 1. The van der Waals surface area contributed by atoms with E-state index in [4.69, 9.17) is 28.2 Å². The molecule has 2 aromatic rings. The lowest BCUT2D eigenvalue weighted by atomic mass is 9.67. The van der Waals surface area contributed by atoms with Crippen molar-refractivity contribution in [1.29, 1.82) is 0 Å². The molecule has 2 heterocycles. The molecule has 32 heavy (non-hydrogen) atoms. The minimum atomic E-state index is -0.990. The van der Waals surface area contributed by atoms with Gasteiger partial charge in [-0.3, -0.25) is 0 Å². The Kier molecular flexibility index (Phi) is 5.85. The molecular formula is C24H23Cl2FN2O2S. The summed E-state index contributed by atoms with van der Waals surface area (Å²) in [6.45, 7) is 7.95. The molecule has 0 amide bonds. The Bertz CT molecular complexity index is 1170. The lowest BCUT2D eigenvalue weighted by Crippen LogP contribution is -2.53. The molecule has 4 rings (SSSR count). The molecule has 0 spiro atoms. The number of carboxylic acid groups (broad SMARTS) is 1. The molecule has 0 saturated heterocycles. The zero-order chi connectivity index (χ0) is 23.4. The summed E-state index contributed by atoms with van der Waals surface area (Å²) in [4.78, 5) is 19.5. The van der Waals surface area contributed by atoms with E-state index in [0.717, 1.165) is 17.3 Å². The van der Waals surface area contributed by atoms with Crippen LogP contribution in [-0.4, -0.2) is 21.1 Å². The van der Waals surface area contributed by atoms with Crippen LogP contribution in [-0.2, 0) is 15.9 Å². The van der Waals surface area contributed by atoms with Gasteiger partial charge in [0.1, 0.15) is 21.8 Å². The average Bonchev–Trinajstić information content (AvgIpc) is 3.22. The van der Waals surface area contributed by atoms with E-state index in [1.165, 1.54) is 6.07 Å². The molecule has 2 atom stereocenters. The molecule has 2 aromatic carbocycles. The van der Waals surface area contributed by atoms with E-state index < -0.39 is 22.9 Å². The van der Waals surface area contributed by atoms with Crippen LogP contribution in [0.15, 0.2) is 58.1 Å². The number of allylic oxidation sites excluding steroid dienone is 1. The Morgan fingerprint density at radius 1 is 1.19 bits per heavy atom. The smallest absolute Gasteiger partial charge is 0.344 e. The zero-order valence-electron chi connectivity index (χ0n) is 18.1. The number of halogens is 3. The first-order chi connectivity index (χ1) is 15.1. The van der Waals surface area contributed by atoms with Crippen LogP contribution in [0, 0.1) is 11.7 Å². The maximum absolute atomic E-state index is 14.7. The maximum atomic E-state index is 14.7. The van der Waals surface area contributed by atoms with E-state index in [-0.39, 0.29) is 15.8 Å². The van der Waals surface area contributed by atoms with Crippen molar-refractivity contribution in [3.8, 4) is 0 Å². The van der Waals surface area contributed by atoms with E-state index in [0.29, 0.717) is 27.9 Å². The van der Waals surface area contributed by atoms with Crippen LogP contribution < -0.4 is 0 Å². The molecule has 4 nitrogen and oxygen atoms in total. The molecule has 0 aliphatic carbocycles. The first-order valence-corrected chi connectivity index (χ1v) is 11.9. The van der Waals surface area contributed by atoms with Gasteiger partial charge in [-0.15, -0.1) is 0 Å². The molecule has 0 bridgehead atoms. The van der Waals surface area contributed by atoms with Crippen molar-refractivity contribution < 1.29 is 14.3 Å². The number of aliphatic imine (C=N–C) groups is 1. The first-order valence-electron chi connectivity index (χ1n) is 10.3. The number of amidine groups is 1. The number of rotatable bonds is 5. The quantitative estimate of drug-likeness (QED) is 0.486. The summed E-state index contributed by atoms with van der Waals surface area (Å²) in [5.74, 6) is -1.60. The number of carboxylic acids is 1. The van der Waals surface area contributed by atoms with Crippen molar-refractivity contribution >= 4 is 46.1 Å². The third kappa shape index (κ3) is 3.18. The van der Waals surface area contributed by atoms with E-state index >= 15 is 0 Å². The van der Waals surface area contributed by atoms with Gasteiger partial charge in [0.2, 0.25) is 0 Å². The molecule has 168 valence electrons. The van der Waals surface area contributed by atoms with Crippen LogP contribution >= 0.6 is 35.0 Å². The number of aliphatic carboxylic acids is 1. The van der Waals surface area contributed by atoms with Gasteiger partial charge in [0, 0.05) is 10.7 Å². The average molecular weight is 493 g/mol. The van der Waals surface area contributed by atoms with Gasteiger partial charge in [-0.1, -0.05) is 62.2 Å². The monoisotopic (exact) mass is 492 g/mol. The fourth-order valence-electron chi connectivity index (χ4n) is 4.96. The lowest BCUT2D eigenvalue weighted by Gasteiger charge is -2.48. The number of nitrogens with zero attached hydrogens (tertiary/aromatic N) is 2. The summed E-state index contributed by atoms with van der Waals surface area (Å²) in [7, 11) is 0. The van der Waals surface area contributed by atoms with E-state index in [9.17, 15) is 14.3 Å². The molecule has 8 heteroatoms. The number of carbonyl (C=O) groups is 1. The second kappa shape index (κ2) is 8.08. The highest BCUT2D eigenvalue weighted by Crippen LogP contribution is 2.61. The van der Waals surface area contributed by atoms with Gasteiger partial charge >= 0.3 is 5.97 Å². The van der Waals surface area contributed by atoms with Gasteiger partial charge in [0.15, 0.2) is 5.17 Å². The Labute approximate surface area is 201 Å². The predicted molar refractivity (Wildman–Crippen MR) is 129 cm³/mol. The molecule has 2 aliphatic rings. The van der Waals surface area contributed by atoms with E-state index in [2.05, 4.69) is 0 Å². The Morgan fingerprint density at radius 3 is 2.34 bits per heavy atom. The summed E-state index contributed by atoms with van der Waals surface area (Å²) >= 11 is 13.3. The molecule has 0 radical (unpaired) electrons. The highest BCUT2D eigenvalue weighted by Gasteiger charge is 2.62. The van der Waals surface area contributed by atoms with Crippen LogP contribution in [0.5, 0.6) is 0 Å². The lowest BCUT2D eigenvalue weighted by molar-refractivity contribution is -0.132. The van der Waals surface area contributed by atoms with Crippen LogP contribution in [0.25, 0.3) is 0 Å². The van der Waals surface area contributed by atoms with Crippen molar-refractivity contribution in [2.45, 2.75) is 45.2 Å². The highest BCUT2D eigenvalue weighted by molar-refractivity contribution is 8.18. The predicted octanol–water partition coefficient (Wildman–Crippen LogP) is 7.02. The molecule has 1 N–H and O–H groups in total. The Balaban J connectivity index is 2.06. The van der Waals surface area contributed by atoms with Gasteiger partial charge < -0.3 is 10.0 Å². The normalized spacial score (nSPS) is 24.9. The summed E-state index contributed by atoms with van der Waals surface area (Å²) in [5.41, 5.74) is 0.561. The van der Waals surface area contributed by atoms with Gasteiger partial charge in [0.25, 0.3) is 0 Å². The van der Waals surface area contributed by atoms with Crippen molar-refractivity contribution in [3.05, 3.63) is 80.1 Å². The molecule has 0 aromatic heterocycles. The summed E-state index contributed by atoms with van der Waals surface area (Å²) in [6, 6.07) is 12.3. The van der Waals surface area contributed by atoms with Crippen molar-refractivity contribution in [2.24, 2.45) is 10.9 Å². The number of benzene rings is 2. The standard InChI is InChI=1S/C24H23Cl2FN2O2S/c1-5-24(15-8-11-17(26)18(27)12-15)23(4,14-6-9-16(25)10-7-14)28-22-29(24)19(13(2)3)20(32-22)21(30)31/h6-13H,5H2,1-4H3,(H,30,31)/t23-,24+/m0/s1. The fraction of sp³-hybridized carbons (Fsp3) is 0.333. The van der Waals surface area contributed by atoms with E-state index in [1.807, 2.05) is 62.9 Å². The first kappa shape index (κ1) is 23.1. The maximum Gasteiger partial charge on any atom is 0.344 e. The molecular weight excluding hydrogens is 470 g/mol. The number of hydrogen-bond acceptors (Lipinski definition) is 4. The SMILES string of the molecule is CC[C@]1(c2ccc(Cl)c(F)c2)N2C(=N[C@@]1(C)c1ccc(Cl)cc1)SC(C(=O)O)=C2C(C)C. The molecule has 0 unspecified atom stereocenters. The van der Waals surface area contributed by atoms with Crippen molar-refractivity contribution in [1.82, 2.24) is 4.90 Å². The summed E-state index contributed by atoms with van der Waals surface area (Å²) < 4.78 is 14.7. The third-order valence-corrected chi connectivity index (χ3v) is 8.02. The largest absolute Gasteiger partial charge is 0.477 e. The second-order valence-corrected chi connectivity index (χ2v) is 10.2. The zero-order valence-corrected chi connectivity index (χ0v) is 20.4. The third-order valence-electron chi connectivity index (χ3n) is 6.42. The van der Waals surface area contributed by atoms with Crippen LogP contribution in [0.1, 0.15) is 45.2 Å². The highest BCUT2D eigenvalue weighted by atomic mass is 35.5. The van der Waals surface area contributed by atoms with Gasteiger partial charge in [-0.2, -0.15) is 0 Å². The van der Waals surface area contributed by atoms with Crippen molar-refractivity contribution in [2.75, 3.05) is 0 Å². The molecule has 0 fully saturated rings. The van der Waals surface area contributed by atoms with Crippen molar-refractivity contribution in [3.63, 3.8) is 0 Å². The van der Waals surface area contributed by atoms with Crippen LogP contribution in [0.4, 0.5) is 4.39 Å². The molecule has 0 saturated carbocycles. The minimum Gasteiger partial charge on any atom is -0.477 e. The fourth-order valence-corrected chi connectivity index (χ4v) is 6.48. The van der Waals surface area contributed by atoms with E-state index in [1.54, 1.807) is 6.07 Å².